The van der Waals surface area contributed by atoms with Gasteiger partial charge in [0, 0.05) is 22.2 Å². The maximum absolute atomic E-state index is 5.94. The van der Waals surface area contributed by atoms with Gasteiger partial charge in [0.25, 0.3) is 0 Å². The normalized spacial score (nSPS) is 13.3. The van der Waals surface area contributed by atoms with Crippen molar-refractivity contribution < 1.29 is 4.74 Å². The Labute approximate surface area is 121 Å². The van der Waals surface area contributed by atoms with Gasteiger partial charge in [0.1, 0.15) is 11.5 Å². The highest BCUT2D eigenvalue weighted by Crippen LogP contribution is 2.42. The van der Waals surface area contributed by atoms with Crippen molar-refractivity contribution in [2.45, 2.75) is 6.04 Å². The van der Waals surface area contributed by atoms with Gasteiger partial charge in [-0.3, -0.25) is 0 Å². The van der Waals surface area contributed by atoms with Crippen molar-refractivity contribution >= 4 is 15.9 Å². The molecule has 0 fully saturated rings. The lowest BCUT2D eigenvalue weighted by atomic mass is 9.94. The number of halogens is 1. The fourth-order valence-electron chi connectivity index (χ4n) is 2.34. The van der Waals surface area contributed by atoms with Crippen LogP contribution in [0.2, 0.25) is 0 Å². The third-order valence-electron chi connectivity index (χ3n) is 3.18. The van der Waals surface area contributed by atoms with Crippen LogP contribution in [0.25, 0.3) is 0 Å². The molecule has 3 rings (SSSR count). The number of hydrogen-bond donors (Lipinski definition) is 1. The first-order valence-corrected chi connectivity index (χ1v) is 6.97. The highest BCUT2D eigenvalue weighted by molar-refractivity contribution is 9.11. The summed E-state index contributed by atoms with van der Waals surface area (Å²) in [6, 6.07) is 16.4. The van der Waals surface area contributed by atoms with Crippen LogP contribution in [0.1, 0.15) is 17.2 Å². The smallest absolute Gasteiger partial charge is 0.132 e. The van der Waals surface area contributed by atoms with Gasteiger partial charge >= 0.3 is 0 Å². The first kappa shape index (κ1) is 12.5. The molecule has 0 amide bonds. The van der Waals surface area contributed by atoms with E-state index in [1.165, 1.54) is 0 Å². The summed E-state index contributed by atoms with van der Waals surface area (Å²) in [7, 11) is 0. The lowest BCUT2D eigenvalue weighted by Gasteiger charge is -2.28. The molecule has 1 aliphatic heterocycles. The van der Waals surface area contributed by atoms with Crippen molar-refractivity contribution in [3.8, 4) is 11.5 Å². The van der Waals surface area contributed by atoms with E-state index in [4.69, 9.17) is 4.74 Å². The lowest BCUT2D eigenvalue weighted by Crippen LogP contribution is -2.26. The minimum atomic E-state index is 0.135. The molecule has 0 aromatic heterocycles. The van der Waals surface area contributed by atoms with Crippen LogP contribution in [-0.4, -0.2) is 6.54 Å². The number of fused-ring (bicyclic) bond motifs is 2. The zero-order valence-corrected chi connectivity index (χ0v) is 12.0. The van der Waals surface area contributed by atoms with Crippen LogP contribution < -0.4 is 10.1 Å². The third kappa shape index (κ3) is 2.44. The van der Waals surface area contributed by atoms with Gasteiger partial charge in [-0.1, -0.05) is 58.9 Å². The predicted molar refractivity (Wildman–Crippen MR) is 80.9 cm³/mol. The van der Waals surface area contributed by atoms with Gasteiger partial charge in [-0.25, -0.2) is 0 Å². The molecule has 2 nitrogen and oxygen atoms in total. The van der Waals surface area contributed by atoms with Gasteiger partial charge in [0.15, 0.2) is 0 Å². The molecular formula is C16H14BrNO. The fraction of sp³-hybridized carbons (Fsp3) is 0.125. The Kier molecular flexibility index (Phi) is 3.40. The van der Waals surface area contributed by atoms with E-state index in [-0.39, 0.29) is 6.04 Å². The molecule has 0 radical (unpaired) electrons. The molecule has 2 aromatic rings. The Balaban J connectivity index is 2.03. The van der Waals surface area contributed by atoms with E-state index in [1.807, 2.05) is 36.4 Å². The van der Waals surface area contributed by atoms with Crippen molar-refractivity contribution in [3.05, 3.63) is 70.7 Å². The predicted octanol–water partition coefficient (Wildman–Crippen LogP) is 4.38. The van der Waals surface area contributed by atoms with Crippen LogP contribution >= 0.6 is 15.9 Å². The first-order valence-electron chi connectivity index (χ1n) is 6.18. The molecule has 19 heavy (non-hydrogen) atoms. The number of ether oxygens (including phenoxy) is 1. The van der Waals surface area contributed by atoms with Gasteiger partial charge in [-0.15, -0.1) is 0 Å². The molecule has 0 saturated heterocycles. The molecule has 1 aliphatic rings. The quantitative estimate of drug-likeness (QED) is 0.907. The lowest BCUT2D eigenvalue weighted by molar-refractivity contribution is 0.432. The standard InChI is InChI=1S/C16H14BrNO/c1-11(17)10-18-16-12-6-2-4-8-14(12)19-15-9-5-3-7-13(15)16/h2-9,16,18H,1,10H2. The molecule has 3 heteroatoms. The van der Waals surface area contributed by atoms with Crippen LogP contribution in [0, 0.1) is 0 Å². The second kappa shape index (κ2) is 5.19. The maximum Gasteiger partial charge on any atom is 0.132 e. The van der Waals surface area contributed by atoms with Crippen LogP contribution in [0.3, 0.4) is 0 Å². The Morgan fingerprint density at radius 2 is 1.58 bits per heavy atom. The van der Waals surface area contributed by atoms with Gasteiger partial charge < -0.3 is 10.1 Å². The minimum Gasteiger partial charge on any atom is -0.457 e. The van der Waals surface area contributed by atoms with E-state index >= 15 is 0 Å². The molecule has 0 spiro atoms. The van der Waals surface area contributed by atoms with Crippen LogP contribution in [0.15, 0.2) is 59.6 Å². The Bertz CT molecular complexity index is 578. The summed E-state index contributed by atoms with van der Waals surface area (Å²) in [6.07, 6.45) is 0. The number of nitrogens with one attached hydrogen (secondary N) is 1. The summed E-state index contributed by atoms with van der Waals surface area (Å²) in [4.78, 5) is 0. The molecule has 96 valence electrons. The average molecular weight is 316 g/mol. The fourth-order valence-corrected chi connectivity index (χ4v) is 2.50. The van der Waals surface area contributed by atoms with Crippen molar-refractivity contribution in [2.24, 2.45) is 0 Å². The number of rotatable bonds is 3. The Hall–Kier alpha value is -1.58. The molecule has 0 aliphatic carbocycles. The minimum absolute atomic E-state index is 0.135. The van der Waals surface area contributed by atoms with E-state index in [0.29, 0.717) is 6.54 Å². The van der Waals surface area contributed by atoms with Crippen molar-refractivity contribution in [2.75, 3.05) is 6.54 Å². The second-order valence-electron chi connectivity index (χ2n) is 4.51. The molecule has 0 atom stereocenters. The summed E-state index contributed by atoms with van der Waals surface area (Å²) < 4.78 is 6.88. The monoisotopic (exact) mass is 315 g/mol. The molecular weight excluding hydrogens is 302 g/mol. The van der Waals surface area contributed by atoms with E-state index in [0.717, 1.165) is 27.1 Å². The molecule has 0 bridgehead atoms. The van der Waals surface area contributed by atoms with Crippen molar-refractivity contribution in [1.82, 2.24) is 5.32 Å². The summed E-state index contributed by atoms with van der Waals surface area (Å²) >= 11 is 3.39. The summed E-state index contributed by atoms with van der Waals surface area (Å²) in [6.45, 7) is 4.59. The third-order valence-corrected chi connectivity index (χ3v) is 3.46. The highest BCUT2D eigenvalue weighted by Gasteiger charge is 2.25. The number of hydrogen-bond acceptors (Lipinski definition) is 2. The first-order chi connectivity index (χ1) is 9.25. The number of benzene rings is 2. The van der Waals surface area contributed by atoms with Crippen LogP contribution in [-0.2, 0) is 0 Å². The number of para-hydroxylation sites is 2. The van der Waals surface area contributed by atoms with Gasteiger partial charge in [-0.2, -0.15) is 0 Å². The topological polar surface area (TPSA) is 21.3 Å². The van der Waals surface area contributed by atoms with E-state index < -0.39 is 0 Å². The van der Waals surface area contributed by atoms with E-state index in [2.05, 4.69) is 40.0 Å². The molecule has 1 N–H and O–H groups in total. The Morgan fingerprint density at radius 3 is 2.11 bits per heavy atom. The molecule has 2 aromatic carbocycles. The second-order valence-corrected chi connectivity index (χ2v) is 5.63. The largest absolute Gasteiger partial charge is 0.457 e. The van der Waals surface area contributed by atoms with E-state index in [9.17, 15) is 0 Å². The van der Waals surface area contributed by atoms with Crippen molar-refractivity contribution in [1.29, 1.82) is 0 Å². The van der Waals surface area contributed by atoms with Crippen LogP contribution in [0.5, 0.6) is 11.5 Å². The maximum atomic E-state index is 5.94. The Morgan fingerprint density at radius 1 is 1.05 bits per heavy atom. The summed E-state index contributed by atoms with van der Waals surface area (Å²) in [5.41, 5.74) is 2.32. The van der Waals surface area contributed by atoms with Crippen molar-refractivity contribution in [3.63, 3.8) is 0 Å². The summed E-state index contributed by atoms with van der Waals surface area (Å²) in [5.74, 6) is 1.83. The summed E-state index contributed by atoms with van der Waals surface area (Å²) in [5, 5.41) is 3.51. The zero-order valence-electron chi connectivity index (χ0n) is 10.4. The molecule has 0 unspecified atom stereocenters. The highest BCUT2D eigenvalue weighted by atomic mass is 79.9. The van der Waals surface area contributed by atoms with Gasteiger partial charge in [-0.05, 0) is 12.1 Å². The zero-order chi connectivity index (χ0) is 13.2. The molecule has 1 heterocycles. The van der Waals surface area contributed by atoms with Crippen LogP contribution in [0.4, 0.5) is 0 Å². The van der Waals surface area contributed by atoms with Gasteiger partial charge in [0.05, 0.1) is 6.04 Å². The van der Waals surface area contributed by atoms with E-state index in [1.54, 1.807) is 0 Å². The van der Waals surface area contributed by atoms with Gasteiger partial charge in [0.2, 0.25) is 0 Å². The average Bonchev–Trinajstić information content (AvgIpc) is 2.43. The SMILES string of the molecule is C=C(Br)CNC1c2ccccc2Oc2ccccc21. The molecule has 0 saturated carbocycles.